The molecule has 0 rings (SSSR count). The first kappa shape index (κ1) is 8.82. The highest BCUT2D eigenvalue weighted by atomic mass is 35.5. The van der Waals surface area contributed by atoms with Crippen molar-refractivity contribution in [3.05, 3.63) is 0 Å². The molecule has 0 saturated heterocycles. The third-order valence-corrected chi connectivity index (χ3v) is 0. The summed E-state index contributed by atoms with van der Waals surface area (Å²) >= 11 is 4.64. The molecule has 0 aliphatic carbocycles. The maximum absolute atomic E-state index is 4.64. The fraction of sp³-hybridized carbons (Fsp3) is 1.00. The Hall–Kier alpha value is 0.507. The van der Waals surface area contributed by atoms with Crippen molar-refractivity contribution in [1.29, 1.82) is 0 Å². The first-order chi connectivity index (χ1) is 2.00. The molecule has 0 heterocycles. The summed E-state index contributed by atoms with van der Waals surface area (Å²) < 4.78 is 0. The van der Waals surface area contributed by atoms with E-state index in [9.17, 15) is 0 Å². The van der Waals surface area contributed by atoms with Gasteiger partial charge in [0.05, 0.1) is 0 Å². The lowest BCUT2D eigenvalue weighted by molar-refractivity contribution is 2.40. The minimum atomic E-state index is 1.31. The summed E-state index contributed by atoms with van der Waals surface area (Å²) in [5.74, 6) is 0. The second-order valence-electron chi connectivity index (χ2n) is 0. The lowest BCUT2D eigenvalue weighted by Crippen LogP contribution is -1.13. The van der Waals surface area contributed by atoms with E-state index in [2.05, 4.69) is 18.1 Å². The van der Waals surface area contributed by atoms with Gasteiger partial charge in [0, 0.05) is 6.38 Å². The number of rotatable bonds is 0. The number of alkyl halides is 1. The molecular formula is C2H9ClSi. The Morgan fingerprint density at radius 1 is 1.25 bits per heavy atom. The lowest BCUT2D eigenvalue weighted by Gasteiger charge is -1.06. The molecule has 0 spiro atoms. The summed E-state index contributed by atoms with van der Waals surface area (Å²) in [6.45, 7) is 2.14. The maximum atomic E-state index is 4.64. The zero-order valence-corrected chi connectivity index (χ0v) is 6.13. The van der Waals surface area contributed by atoms with E-state index in [4.69, 9.17) is 0 Å². The predicted molar refractivity (Wildman–Crippen MR) is 27.6 cm³/mol. The largest absolute Gasteiger partial charge is 0.130 e. The summed E-state index contributed by atoms with van der Waals surface area (Å²) in [5, 5.41) is 0. The third kappa shape index (κ3) is 22.2. The smallest absolute Gasteiger partial charge is 0.0108 e. The van der Waals surface area contributed by atoms with E-state index < -0.39 is 0 Å². The quantitative estimate of drug-likeness (QED) is 0.300. The van der Waals surface area contributed by atoms with E-state index in [1.807, 2.05) is 0 Å². The van der Waals surface area contributed by atoms with Crippen molar-refractivity contribution in [2.45, 2.75) is 6.55 Å². The molecule has 0 radical (unpaired) electrons. The predicted octanol–water partition coefficient (Wildman–Crippen LogP) is 0.255. The number of halogens is 1. The van der Waals surface area contributed by atoms with Gasteiger partial charge in [0.15, 0.2) is 0 Å². The van der Waals surface area contributed by atoms with Crippen LogP contribution in [0.3, 0.4) is 0 Å². The van der Waals surface area contributed by atoms with Crippen LogP contribution >= 0.6 is 11.6 Å². The van der Waals surface area contributed by atoms with Gasteiger partial charge in [-0.25, -0.2) is 0 Å². The molecular weight excluding hydrogens is 87.6 g/mol. The van der Waals surface area contributed by atoms with E-state index in [-0.39, 0.29) is 0 Å². The van der Waals surface area contributed by atoms with Crippen LogP contribution in [0.15, 0.2) is 0 Å². The summed E-state index contributed by atoms with van der Waals surface area (Å²) in [6, 6.07) is 0. The van der Waals surface area contributed by atoms with Crippen LogP contribution in [0.5, 0.6) is 0 Å². The molecule has 0 aromatic carbocycles. The van der Waals surface area contributed by atoms with Crippen molar-refractivity contribution in [2.75, 3.05) is 6.38 Å². The van der Waals surface area contributed by atoms with Crippen LogP contribution in [-0.4, -0.2) is 16.6 Å². The van der Waals surface area contributed by atoms with Gasteiger partial charge >= 0.3 is 0 Å². The molecule has 0 atom stereocenters. The molecule has 0 aromatic heterocycles. The van der Waals surface area contributed by atoms with Crippen LogP contribution in [-0.2, 0) is 0 Å². The maximum Gasteiger partial charge on any atom is 0.0108 e. The minimum Gasteiger partial charge on any atom is -0.130 e. The Morgan fingerprint density at radius 2 is 1.25 bits per heavy atom. The second-order valence-corrected chi connectivity index (χ2v) is 0. The molecule has 0 nitrogen and oxygen atoms in total. The molecule has 2 heteroatoms. The van der Waals surface area contributed by atoms with Gasteiger partial charge in [0.25, 0.3) is 0 Å². The Morgan fingerprint density at radius 3 is 1.25 bits per heavy atom. The molecule has 0 fully saturated rings. The second kappa shape index (κ2) is 85.8. The van der Waals surface area contributed by atoms with Gasteiger partial charge in [-0.2, -0.15) is 0 Å². The highest BCUT2D eigenvalue weighted by Gasteiger charge is 0.962. The van der Waals surface area contributed by atoms with Crippen molar-refractivity contribution < 1.29 is 0 Å². The van der Waals surface area contributed by atoms with Crippen molar-refractivity contribution in [3.63, 3.8) is 0 Å². The average molecular weight is 96.6 g/mol. The molecule has 0 aliphatic heterocycles. The van der Waals surface area contributed by atoms with Crippen molar-refractivity contribution in [2.24, 2.45) is 0 Å². The van der Waals surface area contributed by atoms with Gasteiger partial charge < -0.3 is 0 Å². The molecule has 0 unspecified atom stereocenters. The van der Waals surface area contributed by atoms with Gasteiger partial charge in [-0.1, -0.05) is 6.55 Å². The molecule has 0 bridgehead atoms. The zero-order valence-electron chi connectivity index (χ0n) is 3.38. The highest BCUT2D eigenvalue weighted by Crippen LogP contribution is 1.34. The van der Waals surface area contributed by atoms with E-state index in [1.54, 1.807) is 0 Å². The Labute approximate surface area is 35.6 Å². The van der Waals surface area contributed by atoms with Crippen LogP contribution in [0.25, 0.3) is 0 Å². The van der Waals surface area contributed by atoms with Gasteiger partial charge in [-0.15, -0.1) is 11.6 Å². The topological polar surface area (TPSA) is 0 Å². The first-order valence-electron chi connectivity index (χ1n) is 1.38. The molecule has 4 heavy (non-hydrogen) atoms. The van der Waals surface area contributed by atoms with Gasteiger partial charge in [-0.3, -0.25) is 0 Å². The lowest BCUT2D eigenvalue weighted by atomic mass is 11.9. The molecule has 0 N–H and O–H groups in total. The van der Waals surface area contributed by atoms with Crippen molar-refractivity contribution >= 4 is 21.8 Å². The molecule has 28 valence electrons. The van der Waals surface area contributed by atoms with Crippen molar-refractivity contribution in [1.82, 2.24) is 0 Å². The standard InChI is InChI=1S/CH3Cl.CH6Si/c2*1-2/h1H3;1-2H3. The van der Waals surface area contributed by atoms with E-state index >= 15 is 0 Å². The monoisotopic (exact) mass is 96.0 g/mol. The molecule has 0 saturated carbocycles. The molecule has 0 aliphatic rings. The third-order valence-electron chi connectivity index (χ3n) is 0. The molecule has 0 aromatic rings. The zero-order chi connectivity index (χ0) is 4.00. The SMILES string of the molecule is CCl.C[SiH3]. The Kier molecular flexibility index (Phi) is 189. The van der Waals surface area contributed by atoms with E-state index in [1.165, 1.54) is 16.6 Å². The fourth-order valence-corrected chi connectivity index (χ4v) is 0. The van der Waals surface area contributed by atoms with E-state index in [0.29, 0.717) is 0 Å². The summed E-state index contributed by atoms with van der Waals surface area (Å²) in [6.07, 6.45) is 1.47. The first-order valence-corrected chi connectivity index (χ1v) is 4.13. The minimum absolute atomic E-state index is 1.31. The van der Waals surface area contributed by atoms with E-state index in [0.717, 1.165) is 0 Å². The van der Waals surface area contributed by atoms with Crippen LogP contribution < -0.4 is 0 Å². The molecule has 0 amide bonds. The van der Waals surface area contributed by atoms with Gasteiger partial charge in [-0.05, 0) is 10.2 Å². The van der Waals surface area contributed by atoms with Crippen LogP contribution in [0.1, 0.15) is 0 Å². The van der Waals surface area contributed by atoms with Crippen LogP contribution in [0, 0.1) is 0 Å². The summed E-state index contributed by atoms with van der Waals surface area (Å²) in [7, 11) is 1.31. The van der Waals surface area contributed by atoms with Crippen molar-refractivity contribution in [3.8, 4) is 0 Å². The normalized spacial score (nSPS) is 3.75. The van der Waals surface area contributed by atoms with Gasteiger partial charge in [0.1, 0.15) is 0 Å². The number of hydrogen-bond donors (Lipinski definition) is 0. The Balaban J connectivity index is 0. The number of hydrogen-bond acceptors (Lipinski definition) is 0. The van der Waals surface area contributed by atoms with Crippen LogP contribution in [0.2, 0.25) is 6.55 Å². The van der Waals surface area contributed by atoms with Crippen LogP contribution in [0.4, 0.5) is 0 Å². The summed E-state index contributed by atoms with van der Waals surface area (Å²) in [5.41, 5.74) is 0. The fourth-order valence-electron chi connectivity index (χ4n) is 0. The van der Waals surface area contributed by atoms with Gasteiger partial charge in [0.2, 0.25) is 0 Å². The summed E-state index contributed by atoms with van der Waals surface area (Å²) in [4.78, 5) is 0. The Bertz CT molecular complexity index is 6.00. The average Bonchev–Trinajstić information content (AvgIpc) is 1.50. The highest BCUT2D eigenvalue weighted by molar-refractivity contribution is 6.15.